The van der Waals surface area contributed by atoms with Crippen molar-refractivity contribution >= 4 is 17.6 Å². The van der Waals surface area contributed by atoms with Gasteiger partial charge in [-0.05, 0) is 19.8 Å². The van der Waals surface area contributed by atoms with Crippen LogP contribution in [0.15, 0.2) is 12.4 Å². The van der Waals surface area contributed by atoms with Gasteiger partial charge in [0.25, 0.3) is 5.78 Å². The number of aryl methyl sites for hydroxylation is 1. The molecule has 7 nitrogen and oxygen atoms in total. The lowest BCUT2D eigenvalue weighted by Gasteiger charge is -2.24. The summed E-state index contributed by atoms with van der Waals surface area (Å²) in [5, 5.41) is 17.0. The Balaban J connectivity index is 1.91. The zero-order valence-corrected chi connectivity index (χ0v) is 12.0. The number of carbonyl (C=O) groups is 1. The molecule has 1 fully saturated rings. The van der Waals surface area contributed by atoms with Crippen LogP contribution in [0.25, 0.3) is 5.78 Å². The van der Waals surface area contributed by atoms with Crippen LogP contribution in [0.1, 0.15) is 37.8 Å². The highest BCUT2D eigenvalue weighted by Gasteiger charge is 2.30. The molecule has 0 bridgehead atoms. The second-order valence-corrected chi connectivity index (χ2v) is 5.59. The van der Waals surface area contributed by atoms with Crippen LogP contribution in [-0.4, -0.2) is 36.7 Å². The second-order valence-electron chi connectivity index (χ2n) is 5.59. The summed E-state index contributed by atoms with van der Waals surface area (Å²) in [5.41, 5.74) is 0.832. The minimum Gasteiger partial charge on any atom is -0.481 e. The Labute approximate surface area is 122 Å². The molecular formula is C14H19N5O2. The summed E-state index contributed by atoms with van der Waals surface area (Å²) in [6.45, 7) is 1.89. The number of nitrogens with one attached hydrogen (secondary N) is 1. The van der Waals surface area contributed by atoms with E-state index >= 15 is 0 Å². The van der Waals surface area contributed by atoms with Crippen molar-refractivity contribution in [3.63, 3.8) is 0 Å². The van der Waals surface area contributed by atoms with Gasteiger partial charge in [0.1, 0.15) is 12.1 Å². The molecule has 2 aromatic rings. The number of aromatic nitrogens is 4. The molecule has 7 heteroatoms. The Morgan fingerprint density at radius 2 is 2.19 bits per heavy atom. The van der Waals surface area contributed by atoms with Gasteiger partial charge >= 0.3 is 5.97 Å². The van der Waals surface area contributed by atoms with Crippen LogP contribution in [-0.2, 0) is 4.79 Å². The quantitative estimate of drug-likeness (QED) is 0.838. The fourth-order valence-electron chi connectivity index (χ4n) is 3.00. The normalized spacial score (nSPS) is 22.9. The van der Waals surface area contributed by atoms with Crippen molar-refractivity contribution in [2.45, 2.75) is 45.1 Å². The van der Waals surface area contributed by atoms with E-state index in [1.807, 2.05) is 13.0 Å². The molecule has 0 radical (unpaired) electrons. The van der Waals surface area contributed by atoms with Gasteiger partial charge in [0.15, 0.2) is 0 Å². The third-order valence-corrected chi connectivity index (χ3v) is 4.05. The first-order chi connectivity index (χ1) is 10.1. The SMILES string of the molecule is Cc1cc(NC2CCCCCC2C(=O)O)n2ncnc2n1. The van der Waals surface area contributed by atoms with E-state index in [-0.39, 0.29) is 12.0 Å². The van der Waals surface area contributed by atoms with Gasteiger partial charge in [-0.3, -0.25) is 4.79 Å². The van der Waals surface area contributed by atoms with Crippen molar-refractivity contribution in [3.8, 4) is 0 Å². The zero-order valence-electron chi connectivity index (χ0n) is 12.0. The molecule has 0 aromatic carbocycles. The number of anilines is 1. The molecule has 2 heterocycles. The highest BCUT2D eigenvalue weighted by molar-refractivity contribution is 5.71. The van der Waals surface area contributed by atoms with Gasteiger partial charge in [-0.2, -0.15) is 14.6 Å². The third kappa shape index (κ3) is 2.81. The molecule has 2 unspecified atom stereocenters. The Morgan fingerprint density at radius 3 is 3.00 bits per heavy atom. The van der Waals surface area contributed by atoms with E-state index < -0.39 is 5.97 Å². The molecule has 1 aliphatic carbocycles. The van der Waals surface area contributed by atoms with E-state index in [1.54, 1.807) is 4.52 Å². The summed E-state index contributed by atoms with van der Waals surface area (Å²) >= 11 is 0. The second kappa shape index (κ2) is 5.67. The van der Waals surface area contributed by atoms with Gasteiger partial charge in [-0.25, -0.2) is 4.98 Å². The number of carboxylic acid groups (broad SMARTS) is 1. The topological polar surface area (TPSA) is 92.4 Å². The number of hydrogen-bond donors (Lipinski definition) is 2. The first-order valence-electron chi connectivity index (χ1n) is 7.32. The summed E-state index contributed by atoms with van der Waals surface area (Å²) < 4.78 is 1.62. The molecule has 2 aromatic heterocycles. The molecule has 1 saturated carbocycles. The number of rotatable bonds is 3. The monoisotopic (exact) mass is 289 g/mol. The number of nitrogens with zero attached hydrogens (tertiary/aromatic N) is 4. The van der Waals surface area contributed by atoms with Crippen LogP contribution < -0.4 is 5.32 Å². The number of hydrogen-bond acceptors (Lipinski definition) is 5. The highest BCUT2D eigenvalue weighted by Crippen LogP contribution is 2.26. The van der Waals surface area contributed by atoms with E-state index in [9.17, 15) is 9.90 Å². The number of aliphatic carboxylic acids is 1. The van der Waals surface area contributed by atoms with Crippen LogP contribution >= 0.6 is 0 Å². The van der Waals surface area contributed by atoms with Gasteiger partial charge in [-0.15, -0.1) is 0 Å². The van der Waals surface area contributed by atoms with Crippen molar-refractivity contribution in [1.82, 2.24) is 19.6 Å². The summed E-state index contributed by atoms with van der Waals surface area (Å²) in [4.78, 5) is 19.9. The molecule has 0 aliphatic heterocycles. The number of carboxylic acids is 1. The smallest absolute Gasteiger partial charge is 0.308 e. The molecule has 0 amide bonds. The Hall–Kier alpha value is -2.18. The lowest BCUT2D eigenvalue weighted by Crippen LogP contribution is -2.34. The lowest BCUT2D eigenvalue weighted by atomic mass is 9.95. The zero-order chi connectivity index (χ0) is 14.8. The molecule has 2 N–H and O–H groups in total. The maximum atomic E-state index is 11.5. The molecule has 3 rings (SSSR count). The molecular weight excluding hydrogens is 270 g/mol. The predicted octanol–water partition coefficient (Wildman–Crippen LogP) is 1.88. The molecule has 0 saturated heterocycles. The van der Waals surface area contributed by atoms with Crippen LogP contribution in [0.2, 0.25) is 0 Å². The van der Waals surface area contributed by atoms with Crippen molar-refractivity contribution in [2.75, 3.05) is 5.32 Å². The molecule has 21 heavy (non-hydrogen) atoms. The first kappa shape index (κ1) is 13.8. The molecule has 112 valence electrons. The standard InChI is InChI=1S/C14H19N5O2/c1-9-7-12(19-14(17-9)15-8-16-19)18-11-6-4-2-3-5-10(11)13(20)21/h7-8,10-11,18H,2-6H2,1H3,(H,20,21). The average Bonchev–Trinajstić information content (AvgIpc) is 2.77. The van der Waals surface area contributed by atoms with E-state index in [0.717, 1.165) is 43.6 Å². The fourth-order valence-corrected chi connectivity index (χ4v) is 3.00. The van der Waals surface area contributed by atoms with Crippen LogP contribution in [0.4, 0.5) is 5.82 Å². The number of fused-ring (bicyclic) bond motifs is 1. The van der Waals surface area contributed by atoms with E-state index in [0.29, 0.717) is 5.78 Å². The van der Waals surface area contributed by atoms with Gasteiger partial charge in [0, 0.05) is 17.8 Å². The molecule has 2 atom stereocenters. The molecule has 1 aliphatic rings. The van der Waals surface area contributed by atoms with Gasteiger partial charge in [0.05, 0.1) is 5.92 Å². The van der Waals surface area contributed by atoms with Crippen molar-refractivity contribution in [3.05, 3.63) is 18.1 Å². The maximum Gasteiger partial charge on any atom is 0.308 e. The van der Waals surface area contributed by atoms with Crippen molar-refractivity contribution in [1.29, 1.82) is 0 Å². The van der Waals surface area contributed by atoms with E-state index in [2.05, 4.69) is 20.4 Å². The lowest BCUT2D eigenvalue weighted by molar-refractivity contribution is -0.142. The first-order valence-corrected chi connectivity index (χ1v) is 7.32. The van der Waals surface area contributed by atoms with E-state index in [1.165, 1.54) is 6.33 Å². The fraction of sp³-hybridized carbons (Fsp3) is 0.571. The Bertz CT molecular complexity index is 654. The average molecular weight is 289 g/mol. The summed E-state index contributed by atoms with van der Waals surface area (Å²) in [7, 11) is 0. The Morgan fingerprint density at radius 1 is 1.38 bits per heavy atom. The van der Waals surface area contributed by atoms with Crippen molar-refractivity contribution in [2.24, 2.45) is 5.92 Å². The summed E-state index contributed by atoms with van der Waals surface area (Å²) in [6, 6.07) is 1.80. The van der Waals surface area contributed by atoms with Crippen molar-refractivity contribution < 1.29 is 9.90 Å². The van der Waals surface area contributed by atoms with Gasteiger partial charge in [-0.1, -0.05) is 19.3 Å². The van der Waals surface area contributed by atoms with Crippen LogP contribution in [0, 0.1) is 12.8 Å². The third-order valence-electron chi connectivity index (χ3n) is 4.05. The van der Waals surface area contributed by atoms with Crippen LogP contribution in [0.3, 0.4) is 0 Å². The van der Waals surface area contributed by atoms with E-state index in [4.69, 9.17) is 0 Å². The predicted molar refractivity (Wildman–Crippen MR) is 77.1 cm³/mol. The minimum absolute atomic E-state index is 0.0841. The largest absolute Gasteiger partial charge is 0.481 e. The summed E-state index contributed by atoms with van der Waals surface area (Å²) in [5.74, 6) is 0.195. The summed E-state index contributed by atoms with van der Waals surface area (Å²) in [6.07, 6.45) is 6.14. The van der Waals surface area contributed by atoms with Crippen LogP contribution in [0.5, 0.6) is 0 Å². The molecule has 0 spiro atoms. The van der Waals surface area contributed by atoms with Gasteiger partial charge < -0.3 is 10.4 Å². The minimum atomic E-state index is -0.727. The highest BCUT2D eigenvalue weighted by atomic mass is 16.4. The van der Waals surface area contributed by atoms with Gasteiger partial charge in [0.2, 0.25) is 0 Å². The Kier molecular flexibility index (Phi) is 3.72. The maximum absolute atomic E-state index is 11.5.